The van der Waals surface area contributed by atoms with Gasteiger partial charge in [0.25, 0.3) is 0 Å². The van der Waals surface area contributed by atoms with E-state index in [9.17, 15) is 4.39 Å². The molecule has 1 aromatic rings. The lowest BCUT2D eigenvalue weighted by molar-refractivity contribution is 0.626. The molecule has 1 atom stereocenters. The summed E-state index contributed by atoms with van der Waals surface area (Å²) in [5.41, 5.74) is 1.62. The molecule has 0 radical (unpaired) electrons. The number of benzene rings is 1. The average Bonchev–Trinajstić information content (AvgIpc) is 2.45. The van der Waals surface area contributed by atoms with E-state index in [0.717, 1.165) is 11.1 Å². The standard InChI is InChI=1S/C10H7ClFN/c11-10(6-13)4-3-7-5-8(12)1-2-9(7)10/h1-2,5H,3-4H2. The van der Waals surface area contributed by atoms with Gasteiger partial charge in [0.15, 0.2) is 4.87 Å². The molecule has 1 aliphatic rings. The molecule has 1 aromatic carbocycles. The van der Waals surface area contributed by atoms with Crippen LogP contribution in [0, 0.1) is 17.1 Å². The molecule has 0 saturated carbocycles. The van der Waals surface area contributed by atoms with Crippen molar-refractivity contribution in [3.05, 3.63) is 35.1 Å². The highest BCUT2D eigenvalue weighted by Crippen LogP contribution is 2.41. The number of hydrogen-bond donors (Lipinski definition) is 0. The fourth-order valence-electron chi connectivity index (χ4n) is 1.71. The van der Waals surface area contributed by atoms with Crippen molar-refractivity contribution in [2.45, 2.75) is 17.7 Å². The van der Waals surface area contributed by atoms with Crippen molar-refractivity contribution in [3.8, 4) is 6.07 Å². The minimum absolute atomic E-state index is 0.266. The van der Waals surface area contributed by atoms with Gasteiger partial charge >= 0.3 is 0 Å². The summed E-state index contributed by atoms with van der Waals surface area (Å²) < 4.78 is 12.8. The molecule has 0 aromatic heterocycles. The summed E-state index contributed by atoms with van der Waals surface area (Å²) in [5, 5.41) is 8.87. The Hall–Kier alpha value is -1.07. The number of nitriles is 1. The van der Waals surface area contributed by atoms with Gasteiger partial charge in [-0.05, 0) is 36.1 Å². The summed E-state index contributed by atoms with van der Waals surface area (Å²) in [6, 6.07) is 6.46. The predicted molar refractivity (Wildman–Crippen MR) is 47.9 cm³/mol. The molecule has 1 unspecified atom stereocenters. The van der Waals surface area contributed by atoms with Gasteiger partial charge in [-0.25, -0.2) is 4.39 Å². The van der Waals surface area contributed by atoms with Gasteiger partial charge in [-0.1, -0.05) is 17.7 Å². The van der Waals surface area contributed by atoms with E-state index in [4.69, 9.17) is 16.9 Å². The summed E-state index contributed by atoms with van der Waals surface area (Å²) in [6.45, 7) is 0. The zero-order chi connectivity index (χ0) is 9.47. The SMILES string of the molecule is N#CC1(Cl)CCc2cc(F)ccc21. The second-order valence-corrected chi connectivity index (χ2v) is 3.86. The summed E-state index contributed by atoms with van der Waals surface area (Å²) in [5.74, 6) is -0.266. The van der Waals surface area contributed by atoms with Crippen LogP contribution in [0.5, 0.6) is 0 Å². The number of rotatable bonds is 0. The highest BCUT2D eigenvalue weighted by Gasteiger charge is 2.36. The fraction of sp³-hybridized carbons (Fsp3) is 0.300. The molecule has 0 N–H and O–H groups in total. The Kier molecular flexibility index (Phi) is 1.78. The highest BCUT2D eigenvalue weighted by molar-refractivity contribution is 6.26. The average molecular weight is 196 g/mol. The molecular formula is C10H7ClFN. The van der Waals surface area contributed by atoms with E-state index in [-0.39, 0.29) is 5.82 Å². The lowest BCUT2D eigenvalue weighted by Gasteiger charge is -2.11. The topological polar surface area (TPSA) is 23.8 Å². The van der Waals surface area contributed by atoms with E-state index in [1.807, 2.05) is 0 Å². The molecule has 0 aliphatic heterocycles. The summed E-state index contributed by atoms with van der Waals surface area (Å²) >= 11 is 6.05. The van der Waals surface area contributed by atoms with Gasteiger partial charge in [-0.15, -0.1) is 0 Å². The maximum absolute atomic E-state index is 12.8. The van der Waals surface area contributed by atoms with Gasteiger partial charge in [-0.3, -0.25) is 0 Å². The van der Waals surface area contributed by atoms with Gasteiger partial charge in [0.2, 0.25) is 0 Å². The molecule has 2 rings (SSSR count). The first-order valence-electron chi connectivity index (χ1n) is 4.05. The number of fused-ring (bicyclic) bond motifs is 1. The second kappa shape index (κ2) is 2.71. The van der Waals surface area contributed by atoms with Crippen LogP contribution < -0.4 is 0 Å². The first-order valence-corrected chi connectivity index (χ1v) is 4.42. The van der Waals surface area contributed by atoms with E-state index >= 15 is 0 Å². The van der Waals surface area contributed by atoms with Crippen LogP contribution in [0.1, 0.15) is 17.5 Å². The van der Waals surface area contributed by atoms with Crippen LogP contribution in [0.15, 0.2) is 18.2 Å². The van der Waals surface area contributed by atoms with E-state index in [2.05, 4.69) is 6.07 Å². The quantitative estimate of drug-likeness (QED) is 0.584. The van der Waals surface area contributed by atoms with Crippen LogP contribution in [0.2, 0.25) is 0 Å². The van der Waals surface area contributed by atoms with Gasteiger partial charge in [-0.2, -0.15) is 5.26 Å². The zero-order valence-electron chi connectivity index (χ0n) is 6.85. The summed E-state index contributed by atoms with van der Waals surface area (Å²) in [4.78, 5) is -0.928. The Morgan fingerprint density at radius 2 is 2.31 bits per heavy atom. The van der Waals surface area contributed by atoms with Crippen molar-refractivity contribution < 1.29 is 4.39 Å². The number of halogens is 2. The molecule has 0 amide bonds. The summed E-state index contributed by atoms with van der Waals surface area (Å²) in [7, 11) is 0. The smallest absolute Gasteiger partial charge is 0.156 e. The Labute approximate surface area is 80.7 Å². The van der Waals surface area contributed by atoms with E-state index in [1.165, 1.54) is 12.1 Å². The number of nitrogens with zero attached hydrogens (tertiary/aromatic N) is 1. The number of hydrogen-bond acceptors (Lipinski definition) is 1. The maximum Gasteiger partial charge on any atom is 0.156 e. The molecule has 0 spiro atoms. The third-order valence-electron chi connectivity index (χ3n) is 2.41. The van der Waals surface area contributed by atoms with Gasteiger partial charge in [0.1, 0.15) is 5.82 Å². The van der Waals surface area contributed by atoms with Gasteiger partial charge in [0.05, 0.1) is 6.07 Å². The Bertz CT molecular complexity index is 396. The minimum Gasteiger partial charge on any atom is -0.207 e. The molecule has 3 heteroatoms. The van der Waals surface area contributed by atoms with Crippen LogP contribution in [0.4, 0.5) is 4.39 Å². The Balaban J connectivity index is 2.57. The molecule has 0 bridgehead atoms. The second-order valence-electron chi connectivity index (χ2n) is 3.21. The molecule has 0 heterocycles. The van der Waals surface area contributed by atoms with Crippen molar-refractivity contribution in [1.82, 2.24) is 0 Å². The zero-order valence-corrected chi connectivity index (χ0v) is 7.61. The van der Waals surface area contributed by atoms with Crippen molar-refractivity contribution in [2.24, 2.45) is 0 Å². The minimum atomic E-state index is -0.928. The lowest BCUT2D eigenvalue weighted by Crippen LogP contribution is -2.10. The third kappa shape index (κ3) is 1.20. The van der Waals surface area contributed by atoms with Crippen LogP contribution in [-0.2, 0) is 11.3 Å². The molecule has 66 valence electrons. The molecule has 0 fully saturated rings. The van der Waals surface area contributed by atoms with Crippen LogP contribution in [0.25, 0.3) is 0 Å². The Morgan fingerprint density at radius 1 is 1.54 bits per heavy atom. The van der Waals surface area contributed by atoms with E-state index in [1.54, 1.807) is 6.07 Å². The van der Waals surface area contributed by atoms with Gasteiger partial charge in [0, 0.05) is 0 Å². The highest BCUT2D eigenvalue weighted by atomic mass is 35.5. The molecule has 0 saturated heterocycles. The molecule has 1 nitrogen and oxygen atoms in total. The van der Waals surface area contributed by atoms with E-state index in [0.29, 0.717) is 12.8 Å². The van der Waals surface area contributed by atoms with Crippen LogP contribution in [0.3, 0.4) is 0 Å². The number of aryl methyl sites for hydroxylation is 1. The van der Waals surface area contributed by atoms with Crippen LogP contribution >= 0.6 is 11.6 Å². The van der Waals surface area contributed by atoms with E-state index < -0.39 is 4.87 Å². The predicted octanol–water partition coefficient (Wildman–Crippen LogP) is 2.73. The monoisotopic (exact) mass is 195 g/mol. The largest absolute Gasteiger partial charge is 0.207 e. The Morgan fingerprint density at radius 3 is 3.00 bits per heavy atom. The normalized spacial score (nSPS) is 25.3. The third-order valence-corrected chi connectivity index (χ3v) is 2.89. The summed E-state index contributed by atoms with van der Waals surface area (Å²) in [6.07, 6.45) is 1.26. The molecule has 1 aliphatic carbocycles. The molecule has 13 heavy (non-hydrogen) atoms. The fourth-order valence-corrected chi connectivity index (χ4v) is 1.99. The maximum atomic E-state index is 12.8. The van der Waals surface area contributed by atoms with Crippen molar-refractivity contribution in [1.29, 1.82) is 5.26 Å². The number of alkyl halides is 1. The first kappa shape index (κ1) is 8.52. The van der Waals surface area contributed by atoms with Crippen molar-refractivity contribution in [3.63, 3.8) is 0 Å². The van der Waals surface area contributed by atoms with Crippen molar-refractivity contribution >= 4 is 11.6 Å². The van der Waals surface area contributed by atoms with Crippen molar-refractivity contribution in [2.75, 3.05) is 0 Å². The van der Waals surface area contributed by atoms with Crippen LogP contribution in [-0.4, -0.2) is 0 Å². The molecular weight excluding hydrogens is 189 g/mol. The first-order chi connectivity index (χ1) is 6.15. The van der Waals surface area contributed by atoms with Gasteiger partial charge < -0.3 is 0 Å². The lowest BCUT2D eigenvalue weighted by atomic mass is 10.0.